The van der Waals surface area contributed by atoms with Gasteiger partial charge in [-0.05, 0) is 25.0 Å². The van der Waals surface area contributed by atoms with Crippen LogP contribution in [0.3, 0.4) is 0 Å². The van der Waals surface area contributed by atoms with Crippen molar-refractivity contribution in [3.8, 4) is 11.3 Å². The van der Waals surface area contributed by atoms with Gasteiger partial charge in [0.05, 0.1) is 47.8 Å². The zero-order chi connectivity index (χ0) is 20.0. The van der Waals surface area contributed by atoms with Gasteiger partial charge in [0.1, 0.15) is 5.52 Å². The first-order chi connectivity index (χ1) is 14.2. The van der Waals surface area contributed by atoms with E-state index in [1.165, 1.54) is 0 Å². The second-order valence-electron chi connectivity index (χ2n) is 7.33. The summed E-state index contributed by atoms with van der Waals surface area (Å²) in [6.45, 7) is 1.76. The van der Waals surface area contributed by atoms with Crippen molar-refractivity contribution < 1.29 is 9.84 Å². The number of rotatable bonds is 4. The average molecular weight is 394 g/mol. The first kappa shape index (κ1) is 18.0. The highest BCUT2D eigenvalue weighted by Gasteiger charge is 2.24. The molecule has 1 saturated heterocycles. The largest absolute Gasteiger partial charge is 0.394 e. The molecule has 0 aliphatic carbocycles. The minimum atomic E-state index is -0.0517. The minimum Gasteiger partial charge on any atom is -0.394 e. The van der Waals surface area contributed by atoms with Gasteiger partial charge in [0.2, 0.25) is 0 Å². The molecule has 1 N–H and O–H groups in total. The van der Waals surface area contributed by atoms with Crippen molar-refractivity contribution in [2.45, 2.75) is 25.4 Å². The molecule has 0 unspecified atom stereocenters. The molecule has 150 valence electrons. The van der Waals surface area contributed by atoms with Gasteiger partial charge in [0.15, 0.2) is 0 Å². The topological polar surface area (TPSA) is 100.0 Å². The Morgan fingerprint density at radius 3 is 2.86 bits per heavy atom. The number of imidazole rings is 1. The number of aliphatic hydroxyl groups excluding tert-OH is 1. The van der Waals surface area contributed by atoms with Gasteiger partial charge in [-0.2, -0.15) is 5.10 Å². The normalized spacial score (nSPS) is 15.5. The quantitative estimate of drug-likeness (QED) is 0.563. The Bertz CT molecular complexity index is 1250. The van der Waals surface area contributed by atoms with Crippen LogP contribution in [0, 0.1) is 0 Å². The molecule has 5 heterocycles. The minimum absolute atomic E-state index is 0.0260. The fourth-order valence-corrected chi connectivity index (χ4v) is 4.05. The molecular weight excluding hydrogens is 372 g/mol. The molecule has 0 aromatic carbocycles. The standard InChI is InChI=1S/C20H22N6O3/c1-24-17-11-21-16-3-2-15(13-10-22-25(12-13)6-7-27)23-18(16)19(17)26(20(24)28)14-4-8-29-9-5-14/h2-3,10-12,14,27H,4-9H2,1H3. The van der Waals surface area contributed by atoms with Crippen LogP contribution >= 0.6 is 0 Å². The highest BCUT2D eigenvalue weighted by atomic mass is 16.5. The Balaban J connectivity index is 1.73. The zero-order valence-corrected chi connectivity index (χ0v) is 16.2. The van der Waals surface area contributed by atoms with Crippen LogP contribution in [0.15, 0.2) is 35.5 Å². The summed E-state index contributed by atoms with van der Waals surface area (Å²) in [6, 6.07) is 3.91. The fraction of sp³-hybridized carbons (Fsp3) is 0.400. The number of fused-ring (bicyclic) bond motifs is 3. The van der Waals surface area contributed by atoms with Gasteiger partial charge in [-0.25, -0.2) is 9.78 Å². The van der Waals surface area contributed by atoms with Crippen LogP contribution in [0.1, 0.15) is 18.9 Å². The summed E-state index contributed by atoms with van der Waals surface area (Å²) in [6.07, 6.45) is 6.94. The van der Waals surface area contributed by atoms with Crippen LogP contribution < -0.4 is 5.69 Å². The monoisotopic (exact) mass is 394 g/mol. The molecule has 0 radical (unpaired) electrons. The molecule has 9 nitrogen and oxygen atoms in total. The number of pyridine rings is 2. The number of hydrogen-bond donors (Lipinski definition) is 1. The fourth-order valence-electron chi connectivity index (χ4n) is 4.05. The highest BCUT2D eigenvalue weighted by molar-refractivity contribution is 6.00. The van der Waals surface area contributed by atoms with Gasteiger partial charge >= 0.3 is 5.69 Å². The molecule has 0 atom stereocenters. The highest BCUT2D eigenvalue weighted by Crippen LogP contribution is 2.29. The van der Waals surface area contributed by atoms with E-state index in [1.54, 1.807) is 28.7 Å². The molecule has 0 bridgehead atoms. The predicted octanol–water partition coefficient (Wildman–Crippen LogP) is 1.49. The Labute approximate surface area is 166 Å². The molecule has 29 heavy (non-hydrogen) atoms. The van der Waals surface area contributed by atoms with Crippen LogP contribution in [0.4, 0.5) is 0 Å². The lowest BCUT2D eigenvalue weighted by Crippen LogP contribution is -2.29. The third-order valence-corrected chi connectivity index (χ3v) is 5.58. The van der Waals surface area contributed by atoms with E-state index in [9.17, 15) is 4.79 Å². The zero-order valence-electron chi connectivity index (χ0n) is 16.2. The molecule has 0 amide bonds. The predicted molar refractivity (Wildman–Crippen MR) is 108 cm³/mol. The van der Waals surface area contributed by atoms with Crippen molar-refractivity contribution in [2.75, 3.05) is 19.8 Å². The van der Waals surface area contributed by atoms with Gasteiger partial charge in [-0.3, -0.25) is 18.8 Å². The number of aliphatic hydroxyl groups is 1. The molecule has 5 rings (SSSR count). The van der Waals surface area contributed by atoms with Crippen molar-refractivity contribution in [1.82, 2.24) is 28.9 Å². The maximum Gasteiger partial charge on any atom is 0.329 e. The summed E-state index contributed by atoms with van der Waals surface area (Å²) in [7, 11) is 1.77. The van der Waals surface area contributed by atoms with Gasteiger partial charge in [0.25, 0.3) is 0 Å². The Kier molecular flexibility index (Phi) is 4.40. The lowest BCUT2D eigenvalue weighted by Gasteiger charge is -2.23. The molecular formula is C20H22N6O3. The van der Waals surface area contributed by atoms with Crippen molar-refractivity contribution in [1.29, 1.82) is 0 Å². The van der Waals surface area contributed by atoms with Crippen molar-refractivity contribution >= 4 is 22.1 Å². The van der Waals surface area contributed by atoms with Crippen molar-refractivity contribution in [2.24, 2.45) is 7.05 Å². The van der Waals surface area contributed by atoms with E-state index in [1.807, 2.05) is 22.9 Å². The van der Waals surface area contributed by atoms with E-state index in [0.29, 0.717) is 25.3 Å². The van der Waals surface area contributed by atoms with E-state index < -0.39 is 0 Å². The van der Waals surface area contributed by atoms with Crippen LogP contribution in [0.25, 0.3) is 33.3 Å². The summed E-state index contributed by atoms with van der Waals surface area (Å²) >= 11 is 0. The second-order valence-corrected chi connectivity index (χ2v) is 7.33. The summed E-state index contributed by atoms with van der Waals surface area (Å²) < 4.78 is 10.7. The van der Waals surface area contributed by atoms with Crippen LogP contribution in [0.5, 0.6) is 0 Å². The molecule has 1 fully saturated rings. The molecule has 4 aromatic heterocycles. The summed E-state index contributed by atoms with van der Waals surface area (Å²) in [5.41, 5.74) is 4.60. The van der Waals surface area contributed by atoms with Crippen molar-refractivity contribution in [3.63, 3.8) is 0 Å². The third-order valence-electron chi connectivity index (χ3n) is 5.58. The molecule has 9 heteroatoms. The SMILES string of the molecule is Cn1c(=O)n(C2CCOCC2)c2c3nc(-c4cnn(CCO)c4)ccc3ncc21. The molecule has 0 spiro atoms. The smallest absolute Gasteiger partial charge is 0.329 e. The number of aryl methyl sites for hydroxylation is 1. The van der Waals surface area contributed by atoms with Gasteiger partial charge in [-0.15, -0.1) is 0 Å². The van der Waals surface area contributed by atoms with Gasteiger partial charge < -0.3 is 9.84 Å². The van der Waals surface area contributed by atoms with E-state index in [4.69, 9.17) is 14.8 Å². The van der Waals surface area contributed by atoms with E-state index in [-0.39, 0.29) is 18.3 Å². The van der Waals surface area contributed by atoms with Gasteiger partial charge in [-0.1, -0.05) is 0 Å². The van der Waals surface area contributed by atoms with Crippen molar-refractivity contribution in [3.05, 3.63) is 41.2 Å². The van der Waals surface area contributed by atoms with Crippen LogP contribution in [-0.4, -0.2) is 53.8 Å². The lowest BCUT2D eigenvalue weighted by atomic mass is 10.1. The maximum atomic E-state index is 13.1. The van der Waals surface area contributed by atoms with E-state index >= 15 is 0 Å². The maximum absolute atomic E-state index is 13.1. The molecule has 1 aliphatic rings. The van der Waals surface area contributed by atoms with E-state index in [0.717, 1.165) is 40.6 Å². The Morgan fingerprint density at radius 2 is 2.07 bits per heavy atom. The Hall–Kier alpha value is -3.04. The average Bonchev–Trinajstić information content (AvgIpc) is 3.32. The summed E-state index contributed by atoms with van der Waals surface area (Å²) in [4.78, 5) is 22.5. The number of hydrogen-bond acceptors (Lipinski definition) is 6. The third kappa shape index (κ3) is 2.93. The molecule has 0 saturated carbocycles. The summed E-state index contributed by atoms with van der Waals surface area (Å²) in [5.74, 6) is 0. The molecule has 4 aromatic rings. The van der Waals surface area contributed by atoms with Crippen LogP contribution in [0.2, 0.25) is 0 Å². The summed E-state index contributed by atoms with van der Waals surface area (Å²) in [5, 5.41) is 13.4. The van der Waals surface area contributed by atoms with Gasteiger partial charge in [0, 0.05) is 38.1 Å². The second kappa shape index (κ2) is 7.09. The lowest BCUT2D eigenvalue weighted by molar-refractivity contribution is 0.0697. The Morgan fingerprint density at radius 1 is 1.24 bits per heavy atom. The van der Waals surface area contributed by atoms with E-state index in [2.05, 4.69) is 10.1 Å². The molecule has 1 aliphatic heterocycles. The van der Waals surface area contributed by atoms with Crippen LogP contribution in [-0.2, 0) is 18.3 Å². The number of ether oxygens (including phenoxy) is 1. The first-order valence-corrected chi connectivity index (χ1v) is 9.75. The number of nitrogens with zero attached hydrogens (tertiary/aromatic N) is 6. The number of aromatic nitrogens is 6. The first-order valence-electron chi connectivity index (χ1n) is 9.75.